The lowest BCUT2D eigenvalue weighted by molar-refractivity contribution is 0.409. The van der Waals surface area contributed by atoms with Gasteiger partial charge in [-0.1, -0.05) is 36.4 Å². The third-order valence-electron chi connectivity index (χ3n) is 3.99. The van der Waals surface area contributed by atoms with Crippen molar-refractivity contribution in [2.24, 2.45) is 0 Å². The van der Waals surface area contributed by atoms with Crippen LogP contribution in [0.25, 0.3) is 0 Å². The van der Waals surface area contributed by atoms with Crippen LogP contribution in [-0.4, -0.2) is 13.7 Å². The Balaban J connectivity index is 1.93. The molecule has 1 radical (unpaired) electrons. The van der Waals surface area contributed by atoms with Gasteiger partial charge in [0.15, 0.2) is 0 Å². The van der Waals surface area contributed by atoms with Crippen molar-refractivity contribution >= 4 is 0 Å². The minimum absolute atomic E-state index is 0.357. The van der Waals surface area contributed by atoms with Gasteiger partial charge < -0.3 is 10.1 Å². The van der Waals surface area contributed by atoms with E-state index in [0.717, 1.165) is 30.7 Å². The van der Waals surface area contributed by atoms with Gasteiger partial charge in [-0.15, -0.1) is 0 Å². The maximum absolute atomic E-state index is 5.42. The summed E-state index contributed by atoms with van der Waals surface area (Å²) >= 11 is 0. The first-order valence-electron chi connectivity index (χ1n) is 7.08. The Morgan fingerprint density at radius 3 is 2.80 bits per heavy atom. The summed E-state index contributed by atoms with van der Waals surface area (Å²) in [6, 6.07) is 15.3. The van der Waals surface area contributed by atoms with Crippen LogP contribution in [0.1, 0.15) is 28.3 Å². The minimum atomic E-state index is 0.357. The van der Waals surface area contributed by atoms with Crippen LogP contribution in [0, 0.1) is 6.92 Å². The van der Waals surface area contributed by atoms with Crippen LogP contribution >= 0.6 is 0 Å². The average molecular weight is 266 g/mol. The molecular formula is C18H20NO. The first-order chi connectivity index (χ1) is 9.78. The highest BCUT2D eigenvalue weighted by molar-refractivity contribution is 5.47. The number of rotatable bonds is 3. The molecule has 103 valence electrons. The van der Waals surface area contributed by atoms with Crippen LogP contribution in [0.5, 0.6) is 5.75 Å². The third kappa shape index (κ3) is 2.56. The zero-order chi connectivity index (χ0) is 13.9. The standard InChI is InChI=1S/C18H20NO/c1-13-10-15-8-9-19-17(16(15)12-18(13)20-2)11-14-6-4-3-5-7-14/h3-7,10,12,17,19H,1,8-9,11H2,2H3. The second kappa shape index (κ2) is 5.68. The Kier molecular flexibility index (Phi) is 3.75. The Labute approximate surface area is 120 Å². The molecule has 3 rings (SSSR count). The van der Waals surface area contributed by atoms with Gasteiger partial charge in [0, 0.05) is 6.04 Å². The maximum Gasteiger partial charge on any atom is 0.122 e. The third-order valence-corrected chi connectivity index (χ3v) is 3.99. The molecule has 0 fully saturated rings. The van der Waals surface area contributed by atoms with Crippen LogP contribution in [-0.2, 0) is 12.8 Å². The number of benzene rings is 2. The first kappa shape index (κ1) is 13.2. The number of nitrogens with one attached hydrogen (secondary N) is 1. The van der Waals surface area contributed by atoms with Crippen LogP contribution in [0.4, 0.5) is 0 Å². The molecular weight excluding hydrogens is 246 g/mol. The SMILES string of the molecule is [CH2]c1cc2c(cc1OC)C(Cc1ccccc1)NCC2. The van der Waals surface area contributed by atoms with E-state index in [4.69, 9.17) is 4.74 Å². The van der Waals surface area contributed by atoms with Crippen molar-refractivity contribution in [2.45, 2.75) is 18.9 Å². The molecule has 1 aliphatic rings. The lowest BCUT2D eigenvalue weighted by atomic mass is 9.89. The van der Waals surface area contributed by atoms with Gasteiger partial charge in [-0.05, 0) is 54.6 Å². The molecule has 1 unspecified atom stereocenters. The number of hydrogen-bond donors (Lipinski definition) is 1. The van der Waals surface area contributed by atoms with E-state index in [1.165, 1.54) is 16.7 Å². The summed E-state index contributed by atoms with van der Waals surface area (Å²) in [4.78, 5) is 0. The number of hydrogen-bond acceptors (Lipinski definition) is 2. The number of fused-ring (bicyclic) bond motifs is 1. The quantitative estimate of drug-likeness (QED) is 0.920. The molecule has 1 heterocycles. The summed E-state index contributed by atoms with van der Waals surface area (Å²) in [6.07, 6.45) is 2.07. The molecule has 1 aliphatic heterocycles. The van der Waals surface area contributed by atoms with E-state index in [0.29, 0.717) is 6.04 Å². The molecule has 2 aromatic carbocycles. The smallest absolute Gasteiger partial charge is 0.122 e. The first-order valence-corrected chi connectivity index (χ1v) is 7.08. The van der Waals surface area contributed by atoms with E-state index < -0.39 is 0 Å². The van der Waals surface area contributed by atoms with Gasteiger partial charge in [-0.3, -0.25) is 0 Å². The van der Waals surface area contributed by atoms with Gasteiger partial charge in [0.25, 0.3) is 0 Å². The molecule has 0 aliphatic carbocycles. The predicted molar refractivity (Wildman–Crippen MR) is 82.0 cm³/mol. The summed E-state index contributed by atoms with van der Waals surface area (Å²) in [5.74, 6) is 0.880. The highest BCUT2D eigenvalue weighted by Gasteiger charge is 2.21. The van der Waals surface area contributed by atoms with Gasteiger partial charge in [0.2, 0.25) is 0 Å². The van der Waals surface area contributed by atoms with Crippen LogP contribution in [0.2, 0.25) is 0 Å². The maximum atomic E-state index is 5.42. The monoisotopic (exact) mass is 266 g/mol. The fraction of sp³-hybridized carbons (Fsp3) is 0.278. The molecule has 0 aromatic heterocycles. The molecule has 0 spiro atoms. The van der Waals surface area contributed by atoms with E-state index in [2.05, 4.69) is 54.7 Å². The molecule has 1 atom stereocenters. The van der Waals surface area contributed by atoms with Crippen molar-refractivity contribution < 1.29 is 4.74 Å². The Bertz CT molecular complexity index is 592. The molecule has 2 nitrogen and oxygen atoms in total. The molecule has 2 heteroatoms. The molecule has 1 N–H and O–H groups in total. The highest BCUT2D eigenvalue weighted by atomic mass is 16.5. The summed E-state index contributed by atoms with van der Waals surface area (Å²) in [7, 11) is 1.71. The normalized spacial score (nSPS) is 17.6. The van der Waals surface area contributed by atoms with E-state index in [9.17, 15) is 0 Å². The fourth-order valence-corrected chi connectivity index (χ4v) is 2.95. The van der Waals surface area contributed by atoms with E-state index in [-0.39, 0.29) is 0 Å². The molecule has 0 saturated carbocycles. The lowest BCUT2D eigenvalue weighted by Gasteiger charge is -2.28. The minimum Gasteiger partial charge on any atom is -0.496 e. The lowest BCUT2D eigenvalue weighted by Crippen LogP contribution is -2.31. The summed E-state index contributed by atoms with van der Waals surface area (Å²) < 4.78 is 5.42. The Morgan fingerprint density at radius 2 is 2.05 bits per heavy atom. The van der Waals surface area contributed by atoms with Crippen molar-refractivity contribution in [3.8, 4) is 5.75 Å². The van der Waals surface area contributed by atoms with Crippen molar-refractivity contribution in [1.82, 2.24) is 5.32 Å². The highest BCUT2D eigenvalue weighted by Crippen LogP contribution is 2.31. The van der Waals surface area contributed by atoms with Crippen molar-refractivity contribution in [1.29, 1.82) is 0 Å². The Morgan fingerprint density at radius 1 is 1.25 bits per heavy atom. The molecule has 20 heavy (non-hydrogen) atoms. The zero-order valence-electron chi connectivity index (χ0n) is 11.9. The summed E-state index contributed by atoms with van der Waals surface area (Å²) in [6.45, 7) is 5.09. The van der Waals surface area contributed by atoms with E-state index in [1.807, 2.05) is 0 Å². The largest absolute Gasteiger partial charge is 0.496 e. The van der Waals surface area contributed by atoms with Crippen molar-refractivity contribution in [3.63, 3.8) is 0 Å². The van der Waals surface area contributed by atoms with E-state index in [1.54, 1.807) is 7.11 Å². The van der Waals surface area contributed by atoms with Crippen LogP contribution in [0.15, 0.2) is 42.5 Å². The van der Waals surface area contributed by atoms with E-state index >= 15 is 0 Å². The number of ether oxygens (including phenoxy) is 1. The molecule has 0 saturated heterocycles. The summed E-state index contributed by atoms with van der Waals surface area (Å²) in [5.41, 5.74) is 5.09. The van der Waals surface area contributed by atoms with Gasteiger partial charge in [-0.25, -0.2) is 0 Å². The second-order valence-corrected chi connectivity index (χ2v) is 5.31. The molecule has 0 bridgehead atoms. The zero-order valence-corrected chi connectivity index (χ0v) is 11.9. The van der Waals surface area contributed by atoms with Crippen molar-refractivity contribution in [2.75, 3.05) is 13.7 Å². The summed E-state index contributed by atoms with van der Waals surface area (Å²) in [5, 5.41) is 3.62. The van der Waals surface area contributed by atoms with Gasteiger partial charge >= 0.3 is 0 Å². The van der Waals surface area contributed by atoms with Crippen LogP contribution < -0.4 is 10.1 Å². The average Bonchev–Trinajstić information content (AvgIpc) is 2.48. The van der Waals surface area contributed by atoms with Crippen LogP contribution in [0.3, 0.4) is 0 Å². The van der Waals surface area contributed by atoms with Gasteiger partial charge in [-0.2, -0.15) is 0 Å². The van der Waals surface area contributed by atoms with Gasteiger partial charge in [0.1, 0.15) is 5.75 Å². The molecule has 2 aromatic rings. The topological polar surface area (TPSA) is 21.3 Å². The fourth-order valence-electron chi connectivity index (χ4n) is 2.95. The van der Waals surface area contributed by atoms with Crippen molar-refractivity contribution in [3.05, 3.63) is 71.6 Å². The second-order valence-electron chi connectivity index (χ2n) is 5.31. The molecule has 0 amide bonds. The predicted octanol–water partition coefficient (Wildman–Crippen LogP) is 3.31. The van der Waals surface area contributed by atoms with Gasteiger partial charge in [0.05, 0.1) is 7.11 Å². The Hall–Kier alpha value is -1.80. The number of methoxy groups -OCH3 is 1.